The third kappa shape index (κ3) is 3.98. The molecule has 3 aromatic heterocycles. The van der Waals surface area contributed by atoms with Gasteiger partial charge in [-0.15, -0.1) is 0 Å². The van der Waals surface area contributed by atoms with E-state index in [2.05, 4.69) is 28.7 Å². The van der Waals surface area contributed by atoms with Gasteiger partial charge in [0.25, 0.3) is 5.91 Å². The third-order valence-electron chi connectivity index (χ3n) is 6.93. The molecule has 1 aliphatic heterocycles. The summed E-state index contributed by atoms with van der Waals surface area (Å²) in [6.45, 7) is 9.22. The fraction of sp³-hybridized carbons (Fsp3) is 0.333. The lowest BCUT2D eigenvalue weighted by Crippen LogP contribution is -2.34. The zero-order chi connectivity index (χ0) is 25.4. The van der Waals surface area contributed by atoms with Crippen LogP contribution in [0.2, 0.25) is 0 Å². The number of rotatable bonds is 9. The highest BCUT2D eigenvalue weighted by atomic mass is 32.1. The SMILES string of the molecule is CCN(CC)CCCN1C(=O)C(O)=C(C(=O)c2sc3nc4ccccc4n3c2C)C1c1ccncc1. The summed E-state index contributed by atoms with van der Waals surface area (Å²) in [6, 6.07) is 10.7. The first-order chi connectivity index (χ1) is 17.5. The molecule has 5 rings (SSSR count). The molecule has 1 amide bonds. The van der Waals surface area contributed by atoms with Gasteiger partial charge in [-0.25, -0.2) is 4.98 Å². The normalized spacial score (nSPS) is 16.3. The van der Waals surface area contributed by atoms with Gasteiger partial charge in [0.2, 0.25) is 5.78 Å². The zero-order valence-electron chi connectivity index (χ0n) is 20.6. The molecule has 8 nitrogen and oxygen atoms in total. The van der Waals surface area contributed by atoms with Crippen molar-refractivity contribution in [3.8, 4) is 0 Å². The van der Waals surface area contributed by atoms with Crippen LogP contribution in [0.1, 0.15) is 47.2 Å². The molecule has 0 aliphatic carbocycles. The van der Waals surface area contributed by atoms with Gasteiger partial charge in [-0.3, -0.25) is 19.0 Å². The number of carbonyl (C=O) groups is 2. The Morgan fingerprint density at radius 3 is 2.58 bits per heavy atom. The molecule has 1 aromatic carbocycles. The molecule has 4 heterocycles. The van der Waals surface area contributed by atoms with Crippen molar-refractivity contribution in [2.45, 2.75) is 33.2 Å². The lowest BCUT2D eigenvalue weighted by atomic mass is 9.95. The van der Waals surface area contributed by atoms with Gasteiger partial charge in [-0.1, -0.05) is 37.3 Å². The van der Waals surface area contributed by atoms with Crippen molar-refractivity contribution in [3.05, 3.63) is 76.3 Å². The number of para-hydroxylation sites is 2. The van der Waals surface area contributed by atoms with E-state index in [1.165, 1.54) is 11.3 Å². The number of nitrogens with zero attached hydrogens (tertiary/aromatic N) is 5. The Bertz CT molecular complexity index is 1470. The van der Waals surface area contributed by atoms with E-state index < -0.39 is 17.7 Å². The maximum Gasteiger partial charge on any atom is 0.290 e. The Labute approximate surface area is 213 Å². The van der Waals surface area contributed by atoms with E-state index >= 15 is 0 Å². The lowest BCUT2D eigenvalue weighted by molar-refractivity contribution is -0.129. The molecule has 1 atom stereocenters. The number of pyridine rings is 1. The van der Waals surface area contributed by atoms with E-state index in [1.807, 2.05) is 35.6 Å². The number of aliphatic hydroxyl groups excluding tert-OH is 1. The van der Waals surface area contributed by atoms with Gasteiger partial charge in [0, 0.05) is 24.6 Å². The summed E-state index contributed by atoms with van der Waals surface area (Å²) in [5.41, 5.74) is 3.39. The van der Waals surface area contributed by atoms with Crippen molar-refractivity contribution < 1.29 is 14.7 Å². The number of thiazole rings is 1. The fourth-order valence-corrected chi connectivity index (χ4v) is 6.10. The zero-order valence-corrected chi connectivity index (χ0v) is 21.5. The summed E-state index contributed by atoms with van der Waals surface area (Å²) in [5, 5.41) is 11.0. The average Bonchev–Trinajstić information content (AvgIpc) is 3.51. The number of Topliss-reactive ketones (excluding diaryl/α,β-unsaturated/α-hetero) is 1. The van der Waals surface area contributed by atoms with Gasteiger partial charge in [-0.2, -0.15) is 0 Å². The van der Waals surface area contributed by atoms with Crippen LogP contribution in [0, 0.1) is 6.92 Å². The predicted molar refractivity (Wildman–Crippen MR) is 140 cm³/mol. The molecule has 0 radical (unpaired) electrons. The molecule has 1 N–H and O–H groups in total. The summed E-state index contributed by atoms with van der Waals surface area (Å²) in [7, 11) is 0. The van der Waals surface area contributed by atoms with E-state index in [0.29, 0.717) is 16.4 Å². The highest BCUT2D eigenvalue weighted by Gasteiger charge is 2.44. The van der Waals surface area contributed by atoms with Gasteiger partial charge in [0.1, 0.15) is 0 Å². The van der Waals surface area contributed by atoms with Crippen molar-refractivity contribution in [3.63, 3.8) is 0 Å². The number of carbonyl (C=O) groups excluding carboxylic acids is 2. The monoisotopic (exact) mass is 503 g/mol. The van der Waals surface area contributed by atoms with Crippen LogP contribution in [0.4, 0.5) is 0 Å². The molecule has 0 spiro atoms. The molecule has 0 saturated heterocycles. The quantitative estimate of drug-likeness (QED) is 0.337. The minimum absolute atomic E-state index is 0.117. The predicted octanol–water partition coefficient (Wildman–Crippen LogP) is 4.56. The Morgan fingerprint density at radius 1 is 1.14 bits per heavy atom. The molecular formula is C27H29N5O3S. The highest BCUT2D eigenvalue weighted by Crippen LogP contribution is 2.40. The lowest BCUT2D eigenvalue weighted by Gasteiger charge is -2.28. The van der Waals surface area contributed by atoms with Crippen LogP contribution >= 0.6 is 11.3 Å². The minimum atomic E-state index is -0.671. The van der Waals surface area contributed by atoms with Gasteiger partial charge >= 0.3 is 0 Å². The van der Waals surface area contributed by atoms with Crippen LogP contribution in [-0.4, -0.2) is 67.1 Å². The van der Waals surface area contributed by atoms with Crippen molar-refractivity contribution >= 4 is 39.0 Å². The molecular weight excluding hydrogens is 474 g/mol. The maximum absolute atomic E-state index is 14.0. The van der Waals surface area contributed by atoms with Crippen LogP contribution in [0.25, 0.3) is 16.0 Å². The van der Waals surface area contributed by atoms with Crippen LogP contribution in [0.15, 0.2) is 60.1 Å². The summed E-state index contributed by atoms with van der Waals surface area (Å²) < 4.78 is 1.96. The second kappa shape index (κ2) is 9.83. The smallest absolute Gasteiger partial charge is 0.290 e. The molecule has 36 heavy (non-hydrogen) atoms. The summed E-state index contributed by atoms with van der Waals surface area (Å²) >= 11 is 1.28. The summed E-state index contributed by atoms with van der Waals surface area (Å²) in [6.07, 6.45) is 4.02. The Balaban J connectivity index is 1.53. The molecule has 1 unspecified atom stereocenters. The average molecular weight is 504 g/mol. The van der Waals surface area contributed by atoms with Crippen LogP contribution in [-0.2, 0) is 4.79 Å². The summed E-state index contributed by atoms with van der Waals surface area (Å²) in [4.78, 5) is 41.1. The molecule has 0 saturated carbocycles. The number of aryl methyl sites for hydroxylation is 1. The standard InChI is InChI=1S/C27H29N5O3S/c1-4-30(5-2)15-8-16-31-22(18-11-13-28-14-12-18)21(24(34)26(31)35)23(33)25-17(3)32-20-10-7-6-9-19(20)29-27(32)36-25/h6-7,9-14,22,34H,4-5,8,15-16H2,1-3H3. The number of hydrogen-bond acceptors (Lipinski definition) is 7. The number of hydrogen-bond donors (Lipinski definition) is 1. The molecule has 0 bridgehead atoms. The van der Waals surface area contributed by atoms with E-state index in [-0.39, 0.29) is 11.4 Å². The van der Waals surface area contributed by atoms with Crippen molar-refractivity contribution in [1.82, 2.24) is 24.2 Å². The number of fused-ring (bicyclic) bond motifs is 3. The van der Waals surface area contributed by atoms with Gasteiger partial charge in [0.05, 0.1) is 27.5 Å². The van der Waals surface area contributed by atoms with E-state index in [4.69, 9.17) is 0 Å². The number of aliphatic hydroxyl groups is 1. The first-order valence-electron chi connectivity index (χ1n) is 12.2. The van der Waals surface area contributed by atoms with Crippen molar-refractivity contribution in [1.29, 1.82) is 0 Å². The van der Waals surface area contributed by atoms with Crippen molar-refractivity contribution in [2.75, 3.05) is 26.2 Å². The minimum Gasteiger partial charge on any atom is -0.503 e. The molecule has 1 aliphatic rings. The molecule has 186 valence electrons. The Kier molecular flexibility index (Phi) is 6.59. The third-order valence-corrected chi connectivity index (χ3v) is 8.07. The fourth-order valence-electron chi connectivity index (χ4n) is 5.01. The first kappa shape index (κ1) is 24.1. The topological polar surface area (TPSA) is 91.0 Å². The molecule has 4 aromatic rings. The van der Waals surface area contributed by atoms with Gasteiger partial charge < -0.3 is 14.9 Å². The Morgan fingerprint density at radius 2 is 1.86 bits per heavy atom. The number of amides is 1. The van der Waals surface area contributed by atoms with E-state index in [1.54, 1.807) is 29.4 Å². The van der Waals surface area contributed by atoms with Crippen LogP contribution in [0.5, 0.6) is 0 Å². The molecule has 9 heteroatoms. The largest absolute Gasteiger partial charge is 0.503 e. The number of benzene rings is 1. The summed E-state index contributed by atoms with van der Waals surface area (Å²) in [5.74, 6) is -1.32. The number of aromatic nitrogens is 3. The van der Waals surface area contributed by atoms with Gasteiger partial charge in [0.15, 0.2) is 10.7 Å². The highest BCUT2D eigenvalue weighted by molar-refractivity contribution is 7.19. The maximum atomic E-state index is 14.0. The second-order valence-corrected chi connectivity index (χ2v) is 9.87. The Hall–Kier alpha value is -3.56. The van der Waals surface area contributed by atoms with E-state index in [0.717, 1.165) is 48.3 Å². The number of ketones is 1. The van der Waals surface area contributed by atoms with Gasteiger partial charge in [-0.05, 0) is 62.8 Å². The van der Waals surface area contributed by atoms with Crippen LogP contribution < -0.4 is 0 Å². The first-order valence-corrected chi connectivity index (χ1v) is 13.1. The molecule has 0 fully saturated rings. The number of imidazole rings is 1. The van der Waals surface area contributed by atoms with Crippen molar-refractivity contribution in [2.24, 2.45) is 0 Å². The second-order valence-electron chi connectivity index (χ2n) is 8.89. The van der Waals surface area contributed by atoms with Crippen LogP contribution in [0.3, 0.4) is 0 Å². The van der Waals surface area contributed by atoms with E-state index in [9.17, 15) is 14.7 Å².